The van der Waals surface area contributed by atoms with E-state index in [1.54, 1.807) is 54.3 Å². The number of hydrogen-bond acceptors (Lipinski definition) is 10. The molecule has 1 atom stereocenters. The summed E-state index contributed by atoms with van der Waals surface area (Å²) in [6.07, 6.45) is 0.513. The third kappa shape index (κ3) is 7.41. The Balaban J connectivity index is 1.56. The van der Waals surface area contributed by atoms with Crippen LogP contribution in [0.5, 0.6) is 0 Å². The van der Waals surface area contributed by atoms with Gasteiger partial charge in [0, 0.05) is 37.2 Å². The van der Waals surface area contributed by atoms with Gasteiger partial charge >= 0.3 is 13.8 Å². The molecule has 6 heterocycles. The number of anilines is 4. The molecule has 0 unspecified atom stereocenters. The van der Waals surface area contributed by atoms with Crippen LogP contribution in [0.15, 0.2) is 55.0 Å². The Kier molecular flexibility index (Phi) is 9.28. The van der Waals surface area contributed by atoms with Gasteiger partial charge in [-0.3, -0.25) is 14.0 Å². The first-order valence-electron chi connectivity index (χ1n) is 13.8. The fourth-order valence-electron chi connectivity index (χ4n) is 4.45. The SMILES string of the molecule is CCO[P@@]1(=O)Cc2ccc(cc2)Nc2ncc(C(F)(F)F)c(n2)Nc2ccc(nc2C(=O)NC)-c2cnn(c2)CCCCO1. The van der Waals surface area contributed by atoms with Gasteiger partial charge in [-0.2, -0.15) is 23.3 Å². The summed E-state index contributed by atoms with van der Waals surface area (Å²) in [6, 6.07) is 9.74. The molecule has 0 saturated carbocycles. The second kappa shape index (κ2) is 13.1. The van der Waals surface area contributed by atoms with Gasteiger partial charge in [-0.15, -0.1) is 0 Å². The highest BCUT2D eigenvalue weighted by molar-refractivity contribution is 7.53. The summed E-state index contributed by atoms with van der Waals surface area (Å²) >= 11 is 0. The maximum atomic E-state index is 14.0. The summed E-state index contributed by atoms with van der Waals surface area (Å²) in [6.45, 7) is 2.72. The first-order chi connectivity index (χ1) is 21.1. The number of carbonyl (C=O) groups is 1. The Hall–Kier alpha value is -4.33. The van der Waals surface area contributed by atoms with Crippen molar-refractivity contribution in [3.63, 3.8) is 0 Å². The molecule has 0 spiro atoms. The smallest absolute Gasteiger partial charge is 0.354 e. The molecule has 4 aromatic rings. The molecule has 3 aliphatic rings. The molecule has 3 aliphatic heterocycles. The van der Waals surface area contributed by atoms with Gasteiger partial charge in [0.2, 0.25) is 5.95 Å². The van der Waals surface area contributed by atoms with Crippen molar-refractivity contribution >= 4 is 36.6 Å². The van der Waals surface area contributed by atoms with Crippen molar-refractivity contribution in [3.05, 3.63) is 71.8 Å². The summed E-state index contributed by atoms with van der Waals surface area (Å²) in [7, 11) is -2.04. The average Bonchev–Trinajstić information content (AvgIpc) is 3.46. The van der Waals surface area contributed by atoms with Crippen molar-refractivity contribution in [3.8, 4) is 11.3 Å². The number of hydrogen-bond donors (Lipinski definition) is 3. The van der Waals surface area contributed by atoms with E-state index < -0.39 is 31.1 Å². The van der Waals surface area contributed by atoms with E-state index in [0.29, 0.717) is 48.1 Å². The highest BCUT2D eigenvalue weighted by Gasteiger charge is 2.36. The zero-order valence-electron chi connectivity index (χ0n) is 23.9. The quantitative estimate of drug-likeness (QED) is 0.226. The Morgan fingerprint density at radius 1 is 1.11 bits per heavy atom. The number of aryl methyl sites for hydroxylation is 1. The maximum absolute atomic E-state index is 14.0. The summed E-state index contributed by atoms with van der Waals surface area (Å²) in [5.74, 6) is -1.32. The number of nitrogens with one attached hydrogen (secondary N) is 3. The number of rotatable bonds is 3. The predicted molar refractivity (Wildman–Crippen MR) is 157 cm³/mol. The van der Waals surface area contributed by atoms with Crippen LogP contribution in [0.2, 0.25) is 0 Å². The molecule has 12 nitrogen and oxygen atoms in total. The number of halogens is 3. The first kappa shape index (κ1) is 31.1. The van der Waals surface area contributed by atoms with E-state index in [1.807, 2.05) is 0 Å². The maximum Gasteiger partial charge on any atom is 0.421 e. The van der Waals surface area contributed by atoms with Crippen LogP contribution in [0.4, 0.5) is 36.3 Å². The number of fused-ring (bicyclic) bond motifs is 2. The molecule has 16 heteroatoms. The molecule has 8 bridgehead atoms. The van der Waals surface area contributed by atoms with Crippen molar-refractivity contribution in [2.75, 3.05) is 30.9 Å². The molecular weight excluding hydrogens is 600 g/mol. The molecule has 7 rings (SSSR count). The van der Waals surface area contributed by atoms with Gasteiger partial charge in [0.25, 0.3) is 5.91 Å². The Bertz CT molecular complexity index is 1680. The molecule has 0 aliphatic carbocycles. The topological polar surface area (TPSA) is 145 Å². The monoisotopic (exact) mass is 630 g/mol. The van der Waals surface area contributed by atoms with Crippen LogP contribution in [0.3, 0.4) is 0 Å². The van der Waals surface area contributed by atoms with Crippen LogP contribution in [-0.2, 0) is 32.5 Å². The van der Waals surface area contributed by atoms with Crippen LogP contribution < -0.4 is 16.0 Å². The first-order valence-corrected chi connectivity index (χ1v) is 15.5. The summed E-state index contributed by atoms with van der Waals surface area (Å²) < 4.78 is 68.2. The zero-order chi connectivity index (χ0) is 31.3. The molecule has 3 N–H and O–H groups in total. The lowest BCUT2D eigenvalue weighted by atomic mass is 10.1. The second-order valence-corrected chi connectivity index (χ2v) is 11.8. The number of aromatic nitrogens is 5. The van der Waals surface area contributed by atoms with Crippen molar-refractivity contribution in [1.82, 2.24) is 30.0 Å². The van der Waals surface area contributed by atoms with E-state index >= 15 is 0 Å². The Labute approximate surface area is 251 Å². The van der Waals surface area contributed by atoms with Gasteiger partial charge in [-0.1, -0.05) is 12.1 Å². The molecule has 0 radical (unpaired) electrons. The highest BCUT2D eigenvalue weighted by Crippen LogP contribution is 2.51. The number of pyridine rings is 1. The number of amides is 1. The van der Waals surface area contributed by atoms with E-state index in [1.165, 1.54) is 13.1 Å². The second-order valence-electron chi connectivity index (χ2n) is 9.79. The van der Waals surface area contributed by atoms with Gasteiger partial charge in [0.1, 0.15) is 11.4 Å². The van der Waals surface area contributed by atoms with Gasteiger partial charge in [0.15, 0.2) is 5.69 Å². The van der Waals surface area contributed by atoms with E-state index in [0.717, 1.165) is 0 Å². The third-order valence-corrected chi connectivity index (χ3v) is 8.58. The number of alkyl halides is 3. The summed E-state index contributed by atoms with van der Waals surface area (Å²) in [4.78, 5) is 25.1. The van der Waals surface area contributed by atoms with Crippen LogP contribution in [0.25, 0.3) is 11.3 Å². The van der Waals surface area contributed by atoms with Crippen LogP contribution in [-0.4, -0.2) is 50.9 Å². The largest absolute Gasteiger partial charge is 0.421 e. The molecule has 232 valence electrons. The average molecular weight is 631 g/mol. The molecule has 44 heavy (non-hydrogen) atoms. The van der Waals surface area contributed by atoms with Crippen molar-refractivity contribution in [2.24, 2.45) is 0 Å². The van der Waals surface area contributed by atoms with E-state index in [2.05, 4.69) is 36.0 Å². The number of benzene rings is 1. The lowest BCUT2D eigenvalue weighted by molar-refractivity contribution is -0.137. The standard InChI is InChI=1S/C28H30F3N8O4P/c1-3-42-44(41)17-18-6-8-20(9-7-18)35-27-33-15-21(28(29,30)31)25(38-27)37-23-11-10-22(36-24(23)26(40)32-2)19-14-34-39(16-19)12-4-5-13-43-44/h6-11,14-16H,3-5,12-13,17H2,1-2H3,(H,32,40)(H2,33,35,37,38)/t44-/m0/s1. The van der Waals surface area contributed by atoms with Crippen LogP contribution in [0.1, 0.15) is 41.4 Å². The lowest BCUT2D eigenvalue weighted by Gasteiger charge is -2.18. The summed E-state index contributed by atoms with van der Waals surface area (Å²) in [5, 5.41) is 12.4. The fraction of sp³-hybridized carbons (Fsp3) is 0.321. The molecule has 0 saturated heterocycles. The van der Waals surface area contributed by atoms with Crippen LogP contribution >= 0.6 is 7.60 Å². The molecule has 1 amide bonds. The lowest BCUT2D eigenvalue weighted by Crippen LogP contribution is -2.21. The molecule has 0 fully saturated rings. The van der Waals surface area contributed by atoms with Gasteiger partial charge in [-0.25, -0.2) is 9.97 Å². The third-order valence-electron chi connectivity index (χ3n) is 6.60. The van der Waals surface area contributed by atoms with E-state index in [-0.39, 0.29) is 36.7 Å². The minimum absolute atomic E-state index is 0.0112. The zero-order valence-corrected chi connectivity index (χ0v) is 24.8. The number of nitrogens with zero attached hydrogens (tertiary/aromatic N) is 5. The van der Waals surface area contributed by atoms with Crippen molar-refractivity contribution in [2.45, 2.75) is 38.6 Å². The fourth-order valence-corrected chi connectivity index (χ4v) is 6.17. The Morgan fingerprint density at radius 3 is 2.64 bits per heavy atom. The van der Waals surface area contributed by atoms with Crippen molar-refractivity contribution in [1.29, 1.82) is 0 Å². The van der Waals surface area contributed by atoms with Crippen LogP contribution in [0, 0.1) is 0 Å². The van der Waals surface area contributed by atoms with Gasteiger partial charge in [0.05, 0.1) is 37.0 Å². The normalized spacial score (nSPS) is 17.5. The molecular formula is C28H30F3N8O4P. The molecule has 1 aromatic carbocycles. The minimum atomic E-state index is -4.79. The van der Waals surface area contributed by atoms with Crippen molar-refractivity contribution < 1.29 is 31.6 Å². The van der Waals surface area contributed by atoms with E-state index in [4.69, 9.17) is 9.05 Å². The minimum Gasteiger partial charge on any atom is -0.354 e. The number of carbonyl (C=O) groups excluding carboxylic acids is 1. The Morgan fingerprint density at radius 2 is 1.91 bits per heavy atom. The van der Waals surface area contributed by atoms with E-state index in [9.17, 15) is 22.5 Å². The highest BCUT2D eigenvalue weighted by atomic mass is 31.2. The van der Waals surface area contributed by atoms with Gasteiger partial charge in [-0.05, 0) is 49.6 Å². The molecule has 3 aromatic heterocycles. The van der Waals surface area contributed by atoms with Gasteiger partial charge < -0.3 is 25.0 Å². The summed E-state index contributed by atoms with van der Waals surface area (Å²) in [5.41, 5.74) is 0.894. The predicted octanol–water partition coefficient (Wildman–Crippen LogP) is 6.14.